The highest BCUT2D eigenvalue weighted by Gasteiger charge is 2.11. The molecular formula is C14H17N5O. The topological polar surface area (TPSA) is 92.9 Å². The Kier molecular flexibility index (Phi) is 4.62. The molecule has 104 valence electrons. The number of pyridine rings is 2. The van der Waals surface area contributed by atoms with Crippen molar-refractivity contribution in [1.29, 1.82) is 0 Å². The van der Waals surface area contributed by atoms with Gasteiger partial charge >= 0.3 is 0 Å². The van der Waals surface area contributed by atoms with Gasteiger partial charge in [-0.15, -0.1) is 0 Å². The molecule has 0 spiro atoms. The lowest BCUT2D eigenvalue weighted by Crippen LogP contribution is -2.25. The van der Waals surface area contributed by atoms with Crippen LogP contribution in [-0.2, 0) is 13.0 Å². The lowest BCUT2D eigenvalue weighted by Gasteiger charge is -2.10. The maximum atomic E-state index is 12.1. The van der Waals surface area contributed by atoms with E-state index in [1.54, 1.807) is 18.5 Å². The van der Waals surface area contributed by atoms with Crippen LogP contribution < -0.4 is 16.6 Å². The summed E-state index contributed by atoms with van der Waals surface area (Å²) in [7, 11) is 0. The average Bonchev–Trinajstić information content (AvgIpc) is 2.52. The van der Waals surface area contributed by atoms with Gasteiger partial charge in [0.1, 0.15) is 0 Å². The zero-order valence-electron chi connectivity index (χ0n) is 11.3. The first-order valence-corrected chi connectivity index (χ1v) is 6.37. The van der Waals surface area contributed by atoms with E-state index in [9.17, 15) is 4.79 Å². The third-order valence-corrected chi connectivity index (χ3v) is 3.00. The highest BCUT2D eigenvalue weighted by atomic mass is 16.1. The number of aromatic nitrogens is 2. The molecule has 0 aromatic carbocycles. The van der Waals surface area contributed by atoms with E-state index in [0.717, 1.165) is 17.7 Å². The number of nitrogens with zero attached hydrogens (tertiary/aromatic N) is 2. The number of rotatable bonds is 5. The molecule has 0 aliphatic rings. The second kappa shape index (κ2) is 6.63. The standard InChI is InChI=1S/C14H17N5O/c1-2-10-4-3-6-17-12(10)9-18-14(20)11-5-7-16-8-13(11)19-15/h3-8,19H,2,9,15H2,1H3,(H,18,20). The predicted molar refractivity (Wildman–Crippen MR) is 76.8 cm³/mol. The Morgan fingerprint density at radius 3 is 2.95 bits per heavy atom. The van der Waals surface area contributed by atoms with Crippen LogP contribution in [0.5, 0.6) is 0 Å². The quantitative estimate of drug-likeness (QED) is 0.562. The smallest absolute Gasteiger partial charge is 0.253 e. The molecule has 4 N–H and O–H groups in total. The normalized spacial score (nSPS) is 10.1. The molecule has 6 nitrogen and oxygen atoms in total. The molecule has 20 heavy (non-hydrogen) atoms. The Morgan fingerprint density at radius 1 is 1.35 bits per heavy atom. The molecule has 6 heteroatoms. The number of nitrogens with one attached hydrogen (secondary N) is 2. The van der Waals surface area contributed by atoms with Crippen molar-refractivity contribution in [2.75, 3.05) is 5.43 Å². The maximum Gasteiger partial charge on any atom is 0.253 e. The minimum atomic E-state index is -0.215. The number of amides is 1. The van der Waals surface area contributed by atoms with Gasteiger partial charge in [-0.25, -0.2) is 0 Å². The van der Waals surface area contributed by atoms with E-state index in [1.165, 1.54) is 6.20 Å². The average molecular weight is 271 g/mol. The third kappa shape index (κ3) is 3.10. The van der Waals surface area contributed by atoms with E-state index in [1.807, 2.05) is 12.1 Å². The fourth-order valence-electron chi connectivity index (χ4n) is 1.92. The molecule has 2 heterocycles. The van der Waals surface area contributed by atoms with E-state index in [-0.39, 0.29) is 5.91 Å². The van der Waals surface area contributed by atoms with Crippen LogP contribution in [0.4, 0.5) is 5.69 Å². The van der Waals surface area contributed by atoms with Crippen molar-refractivity contribution < 1.29 is 4.79 Å². The summed E-state index contributed by atoms with van der Waals surface area (Å²) in [5, 5.41) is 2.84. The number of carbonyl (C=O) groups excluding carboxylic acids is 1. The van der Waals surface area contributed by atoms with E-state index < -0.39 is 0 Å². The largest absolute Gasteiger partial charge is 0.346 e. The van der Waals surface area contributed by atoms with E-state index in [2.05, 4.69) is 27.6 Å². The summed E-state index contributed by atoms with van der Waals surface area (Å²) in [5.41, 5.74) is 5.40. The van der Waals surface area contributed by atoms with Gasteiger partial charge in [0.05, 0.1) is 29.7 Å². The molecule has 2 aromatic rings. The SMILES string of the molecule is CCc1cccnc1CNC(=O)c1ccncc1NN. The van der Waals surface area contributed by atoms with Crippen LogP contribution in [0, 0.1) is 0 Å². The minimum Gasteiger partial charge on any atom is -0.346 e. The van der Waals surface area contributed by atoms with Gasteiger partial charge in [-0.05, 0) is 24.1 Å². The Balaban J connectivity index is 2.09. The molecular weight excluding hydrogens is 254 g/mol. The van der Waals surface area contributed by atoms with Gasteiger partial charge in [0.2, 0.25) is 0 Å². The zero-order valence-corrected chi connectivity index (χ0v) is 11.3. The highest BCUT2D eigenvalue weighted by molar-refractivity contribution is 5.99. The number of hydrazine groups is 1. The molecule has 0 aliphatic carbocycles. The first-order chi connectivity index (χ1) is 9.76. The van der Waals surface area contributed by atoms with Gasteiger partial charge < -0.3 is 10.7 Å². The Labute approximate surface area is 117 Å². The van der Waals surface area contributed by atoms with Crippen molar-refractivity contribution in [3.8, 4) is 0 Å². The fourth-order valence-corrected chi connectivity index (χ4v) is 1.92. The van der Waals surface area contributed by atoms with Gasteiger partial charge in [0.25, 0.3) is 5.91 Å². The third-order valence-electron chi connectivity index (χ3n) is 3.00. The lowest BCUT2D eigenvalue weighted by atomic mass is 10.1. The summed E-state index contributed by atoms with van der Waals surface area (Å²) in [6.07, 6.45) is 5.66. The molecule has 2 rings (SSSR count). The highest BCUT2D eigenvalue weighted by Crippen LogP contribution is 2.12. The number of nitrogens with two attached hydrogens (primary N) is 1. The summed E-state index contributed by atoms with van der Waals surface area (Å²) in [5.74, 6) is 5.14. The van der Waals surface area contributed by atoms with Gasteiger partial charge in [-0.2, -0.15) is 0 Å². The lowest BCUT2D eigenvalue weighted by molar-refractivity contribution is 0.0951. The number of aryl methyl sites for hydroxylation is 1. The second-order valence-electron chi connectivity index (χ2n) is 4.21. The van der Waals surface area contributed by atoms with E-state index in [4.69, 9.17) is 5.84 Å². The van der Waals surface area contributed by atoms with E-state index >= 15 is 0 Å². The molecule has 0 bridgehead atoms. The molecule has 2 aromatic heterocycles. The van der Waals surface area contributed by atoms with Crippen LogP contribution in [0.15, 0.2) is 36.8 Å². The van der Waals surface area contributed by atoms with Gasteiger partial charge in [-0.3, -0.25) is 20.6 Å². The van der Waals surface area contributed by atoms with Crippen molar-refractivity contribution in [3.05, 3.63) is 53.6 Å². The molecule has 0 atom stereocenters. The van der Waals surface area contributed by atoms with Gasteiger partial charge in [0.15, 0.2) is 0 Å². The number of nitrogen functional groups attached to an aromatic ring is 1. The number of hydrogen-bond donors (Lipinski definition) is 3. The molecule has 0 radical (unpaired) electrons. The number of hydrogen-bond acceptors (Lipinski definition) is 5. The summed E-state index contributed by atoms with van der Waals surface area (Å²) in [6.45, 7) is 2.44. The first kappa shape index (κ1) is 14.0. The van der Waals surface area contributed by atoms with Crippen LogP contribution in [0.2, 0.25) is 0 Å². The molecule has 0 saturated carbocycles. The summed E-state index contributed by atoms with van der Waals surface area (Å²) in [4.78, 5) is 20.3. The number of carbonyl (C=O) groups is 1. The van der Waals surface area contributed by atoms with Crippen molar-refractivity contribution in [2.24, 2.45) is 5.84 Å². The van der Waals surface area contributed by atoms with Gasteiger partial charge in [0, 0.05) is 12.4 Å². The van der Waals surface area contributed by atoms with Crippen LogP contribution in [0.25, 0.3) is 0 Å². The van der Waals surface area contributed by atoms with Crippen LogP contribution in [0.1, 0.15) is 28.5 Å². The van der Waals surface area contributed by atoms with Crippen molar-refractivity contribution in [1.82, 2.24) is 15.3 Å². The monoisotopic (exact) mass is 271 g/mol. The predicted octanol–water partition coefficient (Wildman–Crippen LogP) is 1.25. The Hall–Kier alpha value is -2.47. The van der Waals surface area contributed by atoms with E-state index in [0.29, 0.717) is 17.8 Å². The van der Waals surface area contributed by atoms with Gasteiger partial charge in [-0.1, -0.05) is 13.0 Å². The molecule has 0 saturated heterocycles. The van der Waals surface area contributed by atoms with Crippen LogP contribution in [-0.4, -0.2) is 15.9 Å². The van der Waals surface area contributed by atoms with Crippen LogP contribution in [0.3, 0.4) is 0 Å². The molecule has 1 amide bonds. The Morgan fingerprint density at radius 2 is 2.20 bits per heavy atom. The van der Waals surface area contributed by atoms with Crippen molar-refractivity contribution in [3.63, 3.8) is 0 Å². The van der Waals surface area contributed by atoms with Crippen LogP contribution >= 0.6 is 0 Å². The summed E-state index contributed by atoms with van der Waals surface area (Å²) >= 11 is 0. The first-order valence-electron chi connectivity index (χ1n) is 6.37. The van der Waals surface area contributed by atoms with Crippen molar-refractivity contribution >= 4 is 11.6 Å². The minimum absolute atomic E-state index is 0.215. The second-order valence-corrected chi connectivity index (χ2v) is 4.21. The maximum absolute atomic E-state index is 12.1. The number of anilines is 1. The molecule has 0 aliphatic heterocycles. The summed E-state index contributed by atoms with van der Waals surface area (Å²) < 4.78 is 0. The zero-order chi connectivity index (χ0) is 14.4. The Bertz CT molecular complexity index is 600. The molecule has 0 fully saturated rings. The van der Waals surface area contributed by atoms with Crippen molar-refractivity contribution in [2.45, 2.75) is 19.9 Å². The molecule has 0 unspecified atom stereocenters. The summed E-state index contributed by atoms with van der Waals surface area (Å²) in [6, 6.07) is 5.51. The fraction of sp³-hybridized carbons (Fsp3) is 0.214.